The van der Waals surface area contributed by atoms with Gasteiger partial charge in [-0.25, -0.2) is 0 Å². The molecule has 2 fully saturated rings. The van der Waals surface area contributed by atoms with Crippen LogP contribution >= 0.6 is 0 Å². The highest BCUT2D eigenvalue weighted by atomic mass is 16.2. The van der Waals surface area contributed by atoms with Crippen molar-refractivity contribution < 1.29 is 4.79 Å². The lowest BCUT2D eigenvalue weighted by molar-refractivity contribution is -0.123. The molecule has 2 atom stereocenters. The van der Waals surface area contributed by atoms with Crippen molar-refractivity contribution in [2.24, 2.45) is 5.92 Å². The van der Waals surface area contributed by atoms with Crippen molar-refractivity contribution in [3.8, 4) is 0 Å². The van der Waals surface area contributed by atoms with Gasteiger partial charge >= 0.3 is 0 Å². The number of rotatable bonds is 6. The second kappa shape index (κ2) is 6.02. The highest BCUT2D eigenvalue weighted by Crippen LogP contribution is 2.31. The molecule has 2 aliphatic rings. The first-order chi connectivity index (χ1) is 8.56. The zero-order valence-corrected chi connectivity index (χ0v) is 11.9. The molecule has 104 valence electrons. The molecule has 0 aromatic rings. The van der Waals surface area contributed by atoms with Gasteiger partial charge in [-0.15, -0.1) is 0 Å². The standard InChI is InChI=1S/C14H27N3O/c1-10(2)16-14(18)11(3)15-8-12-6-7-17(9-12)13-4-5-13/h10-13,15H,4-9H2,1-3H3,(H,16,18). The number of carbonyl (C=O) groups excluding carboxylic acids is 1. The Balaban J connectivity index is 1.63. The smallest absolute Gasteiger partial charge is 0.237 e. The van der Waals surface area contributed by atoms with E-state index in [2.05, 4.69) is 15.5 Å². The van der Waals surface area contributed by atoms with Crippen molar-refractivity contribution in [2.45, 2.75) is 58.2 Å². The van der Waals surface area contributed by atoms with E-state index in [4.69, 9.17) is 0 Å². The van der Waals surface area contributed by atoms with E-state index in [9.17, 15) is 4.79 Å². The minimum Gasteiger partial charge on any atom is -0.353 e. The van der Waals surface area contributed by atoms with Crippen LogP contribution in [0, 0.1) is 5.92 Å². The van der Waals surface area contributed by atoms with Crippen LogP contribution in [-0.2, 0) is 4.79 Å². The van der Waals surface area contributed by atoms with Crippen LogP contribution in [0.15, 0.2) is 0 Å². The van der Waals surface area contributed by atoms with Crippen molar-refractivity contribution >= 4 is 5.91 Å². The fourth-order valence-electron chi connectivity index (χ4n) is 2.65. The number of carbonyl (C=O) groups is 1. The molecule has 0 aromatic carbocycles. The second-order valence-corrected chi connectivity index (χ2v) is 6.17. The number of amides is 1. The van der Waals surface area contributed by atoms with Gasteiger partial charge in [0.2, 0.25) is 5.91 Å². The summed E-state index contributed by atoms with van der Waals surface area (Å²) in [6.45, 7) is 9.38. The fraction of sp³-hybridized carbons (Fsp3) is 0.929. The van der Waals surface area contributed by atoms with Crippen LogP contribution in [0.5, 0.6) is 0 Å². The van der Waals surface area contributed by atoms with Gasteiger partial charge in [0.1, 0.15) is 0 Å². The Morgan fingerprint density at radius 2 is 2.00 bits per heavy atom. The lowest BCUT2D eigenvalue weighted by Crippen LogP contribution is -2.46. The predicted molar refractivity (Wildman–Crippen MR) is 73.4 cm³/mol. The van der Waals surface area contributed by atoms with Crippen molar-refractivity contribution in [3.63, 3.8) is 0 Å². The Morgan fingerprint density at radius 1 is 1.28 bits per heavy atom. The van der Waals surface area contributed by atoms with E-state index >= 15 is 0 Å². The molecule has 0 aromatic heterocycles. The minimum absolute atomic E-state index is 0.0811. The molecule has 2 unspecified atom stereocenters. The number of hydrogen-bond acceptors (Lipinski definition) is 3. The van der Waals surface area contributed by atoms with E-state index in [0.717, 1.165) is 18.5 Å². The number of nitrogens with zero attached hydrogens (tertiary/aromatic N) is 1. The summed E-state index contributed by atoms with van der Waals surface area (Å²) in [7, 11) is 0. The van der Waals surface area contributed by atoms with Crippen LogP contribution < -0.4 is 10.6 Å². The summed E-state index contributed by atoms with van der Waals surface area (Å²) >= 11 is 0. The zero-order valence-electron chi connectivity index (χ0n) is 11.9. The number of likely N-dealkylation sites (tertiary alicyclic amines) is 1. The monoisotopic (exact) mass is 253 g/mol. The van der Waals surface area contributed by atoms with Gasteiger partial charge < -0.3 is 15.5 Å². The van der Waals surface area contributed by atoms with Gasteiger partial charge in [-0.2, -0.15) is 0 Å². The highest BCUT2D eigenvalue weighted by Gasteiger charge is 2.34. The summed E-state index contributed by atoms with van der Waals surface area (Å²) < 4.78 is 0. The molecule has 0 spiro atoms. The number of hydrogen-bond donors (Lipinski definition) is 2. The van der Waals surface area contributed by atoms with Gasteiger partial charge in [-0.05, 0) is 59.0 Å². The molecule has 0 bridgehead atoms. The molecule has 1 aliphatic heterocycles. The van der Waals surface area contributed by atoms with Gasteiger partial charge in [-0.3, -0.25) is 4.79 Å². The summed E-state index contributed by atoms with van der Waals surface area (Å²) in [6.07, 6.45) is 4.07. The minimum atomic E-state index is -0.0811. The summed E-state index contributed by atoms with van der Waals surface area (Å²) in [5.41, 5.74) is 0. The Kier molecular flexibility index (Phi) is 4.62. The molecule has 2 N–H and O–H groups in total. The van der Waals surface area contributed by atoms with Crippen LogP contribution in [-0.4, -0.2) is 48.6 Å². The Hall–Kier alpha value is -0.610. The average molecular weight is 253 g/mol. The first kappa shape index (κ1) is 13.8. The zero-order chi connectivity index (χ0) is 13.1. The molecule has 0 radical (unpaired) electrons. The van der Waals surface area contributed by atoms with Gasteiger partial charge in [0, 0.05) is 18.6 Å². The molecular weight excluding hydrogens is 226 g/mol. The normalized spacial score (nSPS) is 26.6. The van der Waals surface area contributed by atoms with E-state index in [1.807, 2.05) is 20.8 Å². The molecule has 1 heterocycles. The quantitative estimate of drug-likeness (QED) is 0.741. The fourth-order valence-corrected chi connectivity index (χ4v) is 2.65. The highest BCUT2D eigenvalue weighted by molar-refractivity contribution is 5.81. The molecule has 1 aliphatic carbocycles. The van der Waals surface area contributed by atoms with Gasteiger partial charge in [-0.1, -0.05) is 0 Å². The molecule has 1 amide bonds. The molecule has 4 nitrogen and oxygen atoms in total. The average Bonchev–Trinajstić information content (AvgIpc) is 3.05. The molecule has 18 heavy (non-hydrogen) atoms. The van der Waals surface area contributed by atoms with E-state index in [0.29, 0.717) is 0 Å². The van der Waals surface area contributed by atoms with Crippen molar-refractivity contribution in [1.82, 2.24) is 15.5 Å². The Morgan fingerprint density at radius 3 is 2.61 bits per heavy atom. The Bertz CT molecular complexity index is 289. The van der Waals surface area contributed by atoms with Gasteiger partial charge in [0.05, 0.1) is 6.04 Å². The van der Waals surface area contributed by atoms with Crippen LogP contribution in [0.1, 0.15) is 40.0 Å². The van der Waals surface area contributed by atoms with E-state index in [1.54, 1.807) is 0 Å². The maximum atomic E-state index is 11.8. The third-order valence-corrected chi connectivity index (χ3v) is 3.92. The van der Waals surface area contributed by atoms with Crippen LogP contribution in [0.2, 0.25) is 0 Å². The summed E-state index contributed by atoms with van der Waals surface area (Å²) in [4.78, 5) is 14.4. The molecule has 4 heteroatoms. The van der Waals surface area contributed by atoms with Crippen LogP contribution in [0.3, 0.4) is 0 Å². The topological polar surface area (TPSA) is 44.4 Å². The largest absolute Gasteiger partial charge is 0.353 e. The maximum absolute atomic E-state index is 11.8. The van der Waals surface area contributed by atoms with Crippen LogP contribution in [0.25, 0.3) is 0 Å². The Labute approximate surface area is 110 Å². The maximum Gasteiger partial charge on any atom is 0.237 e. The molecule has 1 saturated carbocycles. The second-order valence-electron chi connectivity index (χ2n) is 6.17. The van der Waals surface area contributed by atoms with Gasteiger partial charge in [0.25, 0.3) is 0 Å². The lowest BCUT2D eigenvalue weighted by Gasteiger charge is -2.19. The summed E-state index contributed by atoms with van der Waals surface area (Å²) in [6, 6.07) is 1.03. The third kappa shape index (κ3) is 3.95. The van der Waals surface area contributed by atoms with Crippen LogP contribution in [0.4, 0.5) is 0 Å². The first-order valence-electron chi connectivity index (χ1n) is 7.34. The van der Waals surface area contributed by atoms with Crippen molar-refractivity contribution in [3.05, 3.63) is 0 Å². The van der Waals surface area contributed by atoms with E-state index in [1.165, 1.54) is 32.4 Å². The predicted octanol–water partition coefficient (Wildman–Crippen LogP) is 0.973. The third-order valence-electron chi connectivity index (χ3n) is 3.92. The SMILES string of the molecule is CC(C)NC(=O)C(C)NCC1CCN(C2CC2)C1. The molecular formula is C14H27N3O. The molecule has 1 saturated heterocycles. The summed E-state index contributed by atoms with van der Waals surface area (Å²) in [5, 5.41) is 6.31. The van der Waals surface area contributed by atoms with E-state index < -0.39 is 0 Å². The van der Waals surface area contributed by atoms with Crippen molar-refractivity contribution in [1.29, 1.82) is 0 Å². The number of nitrogens with one attached hydrogen (secondary N) is 2. The van der Waals surface area contributed by atoms with E-state index in [-0.39, 0.29) is 18.0 Å². The van der Waals surface area contributed by atoms with Crippen molar-refractivity contribution in [2.75, 3.05) is 19.6 Å². The molecule has 2 rings (SSSR count). The lowest BCUT2D eigenvalue weighted by atomic mass is 10.1. The summed E-state index contributed by atoms with van der Waals surface area (Å²) in [5.74, 6) is 0.835. The first-order valence-corrected chi connectivity index (χ1v) is 7.34. The van der Waals surface area contributed by atoms with Gasteiger partial charge in [0.15, 0.2) is 0 Å².